The monoisotopic (exact) mass is 366 g/mol. The van der Waals surface area contributed by atoms with Crippen molar-refractivity contribution >= 4 is 33.7 Å². The number of carboxylic acids is 1. The number of fused-ring (bicyclic) bond motifs is 2. The van der Waals surface area contributed by atoms with Gasteiger partial charge in [-0.15, -0.1) is 0 Å². The molecule has 0 unspecified atom stereocenters. The third kappa shape index (κ3) is 2.91. The fourth-order valence-corrected chi connectivity index (χ4v) is 3.10. The van der Waals surface area contributed by atoms with Gasteiger partial charge in [-0.3, -0.25) is 4.79 Å². The molecule has 0 aliphatic carbocycles. The van der Waals surface area contributed by atoms with Crippen molar-refractivity contribution in [3.8, 4) is 17.4 Å². The van der Waals surface area contributed by atoms with Gasteiger partial charge in [-0.05, 0) is 30.3 Å². The molecule has 0 amide bonds. The summed E-state index contributed by atoms with van der Waals surface area (Å²) in [6, 6.07) is 10.9. The first-order valence-corrected chi connectivity index (χ1v) is 8.36. The molecular formula is C19H18N4O4. The van der Waals surface area contributed by atoms with Crippen LogP contribution in [0.2, 0.25) is 0 Å². The van der Waals surface area contributed by atoms with Gasteiger partial charge in [-0.1, -0.05) is 6.07 Å². The van der Waals surface area contributed by atoms with Crippen LogP contribution in [-0.4, -0.2) is 30.3 Å². The highest BCUT2D eigenvalue weighted by molar-refractivity contribution is 5.89. The van der Waals surface area contributed by atoms with Crippen molar-refractivity contribution in [2.24, 2.45) is 7.05 Å². The number of para-hydroxylation sites is 1. The van der Waals surface area contributed by atoms with Crippen LogP contribution in [0, 0.1) is 0 Å². The smallest absolute Gasteiger partial charge is 0.305 e. The van der Waals surface area contributed by atoms with E-state index in [1.165, 1.54) is 4.57 Å². The predicted octanol–water partition coefficient (Wildman–Crippen LogP) is 3.08. The van der Waals surface area contributed by atoms with Crippen molar-refractivity contribution in [3.05, 3.63) is 42.6 Å². The van der Waals surface area contributed by atoms with Gasteiger partial charge in [0.15, 0.2) is 11.6 Å². The van der Waals surface area contributed by atoms with Gasteiger partial charge in [0.2, 0.25) is 5.95 Å². The summed E-state index contributed by atoms with van der Waals surface area (Å²) in [5.74, 6) is 0.677. The number of aromatic hydroxyl groups is 1. The number of nitrogens with zero attached hydrogens (tertiary/aromatic N) is 3. The van der Waals surface area contributed by atoms with Crippen LogP contribution >= 0.6 is 0 Å². The number of hydrogen-bond donors (Lipinski definition) is 3. The van der Waals surface area contributed by atoms with Crippen LogP contribution in [0.25, 0.3) is 21.8 Å². The Morgan fingerprint density at radius 3 is 2.89 bits per heavy atom. The first-order valence-electron chi connectivity index (χ1n) is 8.36. The maximum absolute atomic E-state index is 10.8. The van der Waals surface area contributed by atoms with Gasteiger partial charge in [0, 0.05) is 30.6 Å². The summed E-state index contributed by atoms with van der Waals surface area (Å²) in [6.45, 7) is 0.193. The van der Waals surface area contributed by atoms with Gasteiger partial charge in [0.05, 0.1) is 11.9 Å². The third-order valence-corrected chi connectivity index (χ3v) is 4.53. The van der Waals surface area contributed by atoms with Gasteiger partial charge >= 0.3 is 5.97 Å². The molecule has 2 aromatic heterocycles. The Hall–Kier alpha value is -3.68. The van der Waals surface area contributed by atoms with Crippen LogP contribution in [0.1, 0.15) is 6.42 Å². The number of carbonyl (C=O) groups is 1. The van der Waals surface area contributed by atoms with Gasteiger partial charge in [0.25, 0.3) is 0 Å². The minimum Gasteiger partial charge on any atom is -0.494 e. The Bertz CT molecular complexity index is 1180. The number of benzene rings is 2. The lowest BCUT2D eigenvalue weighted by atomic mass is 10.2. The molecule has 0 fully saturated rings. The Labute approximate surface area is 154 Å². The number of ether oxygens (including phenoxy) is 1. The van der Waals surface area contributed by atoms with Gasteiger partial charge in [0.1, 0.15) is 11.3 Å². The SMILES string of the molecule is Cn1c(N)nc2c(Oc3ccc4c(O)n(CCC(=O)O)cc4c3)cccc21. The zero-order valence-electron chi connectivity index (χ0n) is 14.6. The van der Waals surface area contributed by atoms with Crippen LogP contribution in [0.3, 0.4) is 0 Å². The molecule has 0 saturated heterocycles. The summed E-state index contributed by atoms with van der Waals surface area (Å²) in [5.41, 5.74) is 7.41. The molecule has 0 saturated carbocycles. The second-order valence-corrected chi connectivity index (χ2v) is 6.29. The average Bonchev–Trinajstić information content (AvgIpc) is 3.11. The summed E-state index contributed by atoms with van der Waals surface area (Å²) in [4.78, 5) is 15.1. The quantitative estimate of drug-likeness (QED) is 0.500. The summed E-state index contributed by atoms with van der Waals surface area (Å²) >= 11 is 0. The lowest BCUT2D eigenvalue weighted by molar-refractivity contribution is -0.137. The Morgan fingerprint density at radius 1 is 1.30 bits per heavy atom. The molecule has 27 heavy (non-hydrogen) atoms. The van der Waals surface area contributed by atoms with Crippen LogP contribution < -0.4 is 10.5 Å². The summed E-state index contributed by atoms with van der Waals surface area (Å²) < 4.78 is 9.30. The van der Waals surface area contributed by atoms with E-state index in [2.05, 4.69) is 4.98 Å². The number of rotatable bonds is 5. The summed E-state index contributed by atoms with van der Waals surface area (Å²) in [5, 5.41) is 20.5. The Balaban J connectivity index is 1.69. The predicted molar refractivity (Wildman–Crippen MR) is 101 cm³/mol. The molecule has 0 aliphatic heterocycles. The standard InChI is InChI=1S/C19H18N4O4/c1-22-14-3-2-4-15(17(14)21-19(22)20)27-12-5-6-13-11(9-12)10-23(18(13)26)8-7-16(24)25/h2-6,9-10,26H,7-8H2,1H3,(H2,20,21)(H,24,25). The molecule has 2 heterocycles. The first-order chi connectivity index (χ1) is 12.9. The van der Waals surface area contributed by atoms with Crippen molar-refractivity contribution in [2.75, 3.05) is 5.73 Å². The average molecular weight is 366 g/mol. The number of aliphatic carboxylic acids is 1. The molecule has 0 aliphatic rings. The molecule has 4 aromatic rings. The van der Waals surface area contributed by atoms with E-state index in [4.69, 9.17) is 15.6 Å². The molecule has 8 nitrogen and oxygen atoms in total. The van der Waals surface area contributed by atoms with Crippen molar-refractivity contribution in [3.63, 3.8) is 0 Å². The fourth-order valence-electron chi connectivity index (χ4n) is 3.10. The van der Waals surface area contributed by atoms with E-state index in [9.17, 15) is 9.90 Å². The normalized spacial score (nSPS) is 11.3. The van der Waals surface area contributed by atoms with E-state index in [0.29, 0.717) is 28.4 Å². The second kappa shape index (κ2) is 6.24. The molecule has 4 rings (SSSR count). The minimum atomic E-state index is -0.918. The van der Waals surface area contributed by atoms with E-state index in [0.717, 1.165) is 10.9 Å². The van der Waals surface area contributed by atoms with Gasteiger partial charge in [-0.2, -0.15) is 0 Å². The summed E-state index contributed by atoms with van der Waals surface area (Å²) in [7, 11) is 1.84. The zero-order chi connectivity index (χ0) is 19.1. The summed E-state index contributed by atoms with van der Waals surface area (Å²) in [6.07, 6.45) is 1.64. The van der Waals surface area contributed by atoms with Crippen molar-refractivity contribution < 1.29 is 19.7 Å². The molecule has 0 bridgehead atoms. The molecule has 0 radical (unpaired) electrons. The number of nitrogen functional groups attached to an aromatic ring is 1. The van der Waals surface area contributed by atoms with E-state index in [1.54, 1.807) is 29.0 Å². The fraction of sp³-hybridized carbons (Fsp3) is 0.158. The van der Waals surface area contributed by atoms with E-state index >= 15 is 0 Å². The third-order valence-electron chi connectivity index (χ3n) is 4.53. The number of carboxylic acid groups (broad SMARTS) is 1. The molecule has 0 spiro atoms. The highest BCUT2D eigenvalue weighted by Crippen LogP contribution is 2.34. The maximum atomic E-state index is 10.8. The highest BCUT2D eigenvalue weighted by atomic mass is 16.5. The molecule has 138 valence electrons. The number of hydrogen-bond acceptors (Lipinski definition) is 5. The topological polar surface area (TPSA) is 116 Å². The highest BCUT2D eigenvalue weighted by Gasteiger charge is 2.13. The number of aromatic nitrogens is 3. The van der Waals surface area contributed by atoms with Gasteiger partial charge < -0.3 is 29.8 Å². The van der Waals surface area contributed by atoms with E-state index in [1.807, 2.05) is 25.2 Å². The van der Waals surface area contributed by atoms with Crippen molar-refractivity contribution in [2.45, 2.75) is 13.0 Å². The van der Waals surface area contributed by atoms with Crippen LogP contribution in [0.5, 0.6) is 17.4 Å². The zero-order valence-corrected chi connectivity index (χ0v) is 14.6. The van der Waals surface area contributed by atoms with E-state index < -0.39 is 5.97 Å². The Kier molecular flexibility index (Phi) is 3.88. The minimum absolute atomic E-state index is 0.0393. The molecule has 2 aromatic carbocycles. The number of aryl methyl sites for hydroxylation is 2. The second-order valence-electron chi connectivity index (χ2n) is 6.29. The van der Waals surface area contributed by atoms with Crippen molar-refractivity contribution in [1.82, 2.24) is 14.1 Å². The lowest BCUT2D eigenvalue weighted by Gasteiger charge is -2.06. The molecule has 8 heteroatoms. The largest absolute Gasteiger partial charge is 0.494 e. The molecule has 0 atom stereocenters. The molecule has 4 N–H and O–H groups in total. The van der Waals surface area contributed by atoms with Crippen LogP contribution in [-0.2, 0) is 18.4 Å². The molecular weight excluding hydrogens is 348 g/mol. The number of imidazole rings is 1. The number of anilines is 1. The van der Waals surface area contributed by atoms with Crippen LogP contribution in [0.4, 0.5) is 5.95 Å². The lowest BCUT2D eigenvalue weighted by Crippen LogP contribution is -2.02. The van der Waals surface area contributed by atoms with Gasteiger partial charge in [-0.25, -0.2) is 4.98 Å². The number of nitrogens with two attached hydrogens (primary N) is 1. The van der Waals surface area contributed by atoms with Crippen LogP contribution in [0.15, 0.2) is 42.6 Å². The Morgan fingerprint density at radius 2 is 2.11 bits per heavy atom. The maximum Gasteiger partial charge on any atom is 0.305 e. The van der Waals surface area contributed by atoms with E-state index in [-0.39, 0.29) is 18.8 Å². The van der Waals surface area contributed by atoms with Crippen molar-refractivity contribution in [1.29, 1.82) is 0 Å². The first kappa shape index (κ1) is 16.8.